The van der Waals surface area contributed by atoms with Gasteiger partial charge in [0.2, 0.25) is 0 Å². The van der Waals surface area contributed by atoms with Crippen molar-refractivity contribution in [2.75, 3.05) is 11.9 Å². The second-order valence-corrected chi connectivity index (χ2v) is 4.97. The molecule has 2 rings (SSSR count). The molecule has 1 N–H and O–H groups in total. The third kappa shape index (κ3) is 2.77. The molecule has 0 radical (unpaired) electrons. The third-order valence-electron chi connectivity index (χ3n) is 2.61. The summed E-state index contributed by atoms with van der Waals surface area (Å²) in [6.45, 7) is 5.02. The van der Waals surface area contributed by atoms with Crippen molar-refractivity contribution in [2.45, 2.75) is 20.3 Å². The summed E-state index contributed by atoms with van der Waals surface area (Å²) in [6.07, 6.45) is 6.43. The number of hydrogen-bond donors (Lipinski definition) is 1. The van der Waals surface area contributed by atoms with Crippen LogP contribution in [0.4, 0.5) is 5.82 Å². The van der Waals surface area contributed by atoms with Crippen LogP contribution in [-0.4, -0.2) is 21.5 Å². The molecule has 0 atom stereocenters. The molecule has 0 fully saturated rings. The van der Waals surface area contributed by atoms with E-state index in [1.165, 1.54) is 5.56 Å². The minimum atomic E-state index is 0.755. The van der Waals surface area contributed by atoms with Crippen LogP contribution in [0.3, 0.4) is 0 Å². The largest absolute Gasteiger partial charge is 0.369 e. The van der Waals surface area contributed by atoms with Crippen LogP contribution in [0.15, 0.2) is 24.7 Å². The van der Waals surface area contributed by atoms with E-state index in [9.17, 15) is 0 Å². The monoisotopic (exact) mass is 354 g/mol. The minimum absolute atomic E-state index is 0.755. The van der Waals surface area contributed by atoms with E-state index in [-0.39, 0.29) is 0 Å². The van der Waals surface area contributed by atoms with E-state index in [0.29, 0.717) is 0 Å². The quantitative estimate of drug-likeness (QED) is 0.858. The fourth-order valence-corrected chi connectivity index (χ4v) is 2.17. The van der Waals surface area contributed by atoms with Crippen LogP contribution >= 0.6 is 22.6 Å². The second-order valence-electron chi connectivity index (χ2n) is 3.81. The molecule has 0 spiro atoms. The fourth-order valence-electron chi connectivity index (χ4n) is 1.72. The Morgan fingerprint density at radius 2 is 2.11 bits per heavy atom. The van der Waals surface area contributed by atoms with Gasteiger partial charge in [-0.1, -0.05) is 6.92 Å². The summed E-state index contributed by atoms with van der Waals surface area (Å²) in [4.78, 5) is 13.1. The normalized spacial score (nSPS) is 10.4. The molecule has 2 heterocycles. The zero-order valence-electron chi connectivity index (χ0n) is 10.4. The summed E-state index contributed by atoms with van der Waals surface area (Å²) in [6, 6.07) is 1.97. The zero-order valence-corrected chi connectivity index (χ0v) is 12.6. The molecule has 2 aromatic rings. The highest BCUT2D eigenvalue weighted by atomic mass is 127. The molecule has 5 heteroatoms. The third-order valence-corrected chi connectivity index (χ3v) is 3.40. The van der Waals surface area contributed by atoms with E-state index >= 15 is 0 Å². The van der Waals surface area contributed by atoms with Crippen molar-refractivity contribution >= 4 is 28.4 Å². The fraction of sp³-hybridized carbons (Fsp3) is 0.308. The van der Waals surface area contributed by atoms with Gasteiger partial charge in [-0.05, 0) is 47.6 Å². The van der Waals surface area contributed by atoms with Crippen molar-refractivity contribution in [3.63, 3.8) is 0 Å². The lowest BCUT2D eigenvalue weighted by atomic mass is 10.1. The van der Waals surface area contributed by atoms with Crippen LogP contribution in [0, 0.1) is 3.57 Å². The molecular formula is C13H15IN4. The van der Waals surface area contributed by atoms with Gasteiger partial charge in [-0.15, -0.1) is 0 Å². The van der Waals surface area contributed by atoms with Gasteiger partial charge in [0.05, 0.1) is 3.57 Å². The van der Waals surface area contributed by atoms with E-state index in [0.717, 1.165) is 33.7 Å². The van der Waals surface area contributed by atoms with Crippen LogP contribution in [0.2, 0.25) is 0 Å². The first-order valence-corrected chi connectivity index (χ1v) is 7.03. The van der Waals surface area contributed by atoms with Gasteiger partial charge in [0, 0.05) is 30.7 Å². The molecule has 0 aliphatic heterocycles. The molecule has 0 saturated heterocycles. The molecule has 0 unspecified atom stereocenters. The molecule has 0 saturated carbocycles. The van der Waals surface area contributed by atoms with Gasteiger partial charge in [-0.2, -0.15) is 0 Å². The van der Waals surface area contributed by atoms with Crippen LogP contribution < -0.4 is 5.32 Å². The van der Waals surface area contributed by atoms with Crippen LogP contribution in [-0.2, 0) is 6.42 Å². The van der Waals surface area contributed by atoms with Gasteiger partial charge in [0.1, 0.15) is 5.82 Å². The Balaban J connectivity index is 2.47. The summed E-state index contributed by atoms with van der Waals surface area (Å²) < 4.78 is 1.03. The number of halogens is 1. The molecule has 2 aromatic heterocycles. The Hall–Kier alpha value is -1.24. The summed E-state index contributed by atoms with van der Waals surface area (Å²) in [7, 11) is 0. The maximum Gasteiger partial charge on any atom is 0.161 e. The first-order valence-electron chi connectivity index (χ1n) is 5.96. The number of anilines is 1. The summed E-state index contributed by atoms with van der Waals surface area (Å²) in [5.41, 5.74) is 2.23. The first-order chi connectivity index (χ1) is 8.76. The van der Waals surface area contributed by atoms with Crippen LogP contribution in [0.25, 0.3) is 11.4 Å². The van der Waals surface area contributed by atoms with E-state index in [4.69, 9.17) is 0 Å². The molecule has 0 amide bonds. The number of hydrogen-bond acceptors (Lipinski definition) is 4. The Morgan fingerprint density at radius 1 is 1.28 bits per heavy atom. The Morgan fingerprint density at radius 3 is 2.83 bits per heavy atom. The summed E-state index contributed by atoms with van der Waals surface area (Å²) >= 11 is 2.24. The van der Waals surface area contributed by atoms with Gasteiger partial charge >= 0.3 is 0 Å². The van der Waals surface area contributed by atoms with E-state index in [1.807, 2.05) is 18.5 Å². The first kappa shape index (κ1) is 13.2. The average Bonchev–Trinajstić information content (AvgIpc) is 2.41. The van der Waals surface area contributed by atoms with Crippen molar-refractivity contribution in [3.8, 4) is 11.4 Å². The van der Waals surface area contributed by atoms with Crippen molar-refractivity contribution in [2.24, 2.45) is 0 Å². The van der Waals surface area contributed by atoms with Crippen molar-refractivity contribution in [1.29, 1.82) is 0 Å². The number of pyridine rings is 1. The summed E-state index contributed by atoms with van der Waals surface area (Å²) in [5, 5.41) is 3.25. The van der Waals surface area contributed by atoms with Crippen molar-refractivity contribution in [3.05, 3.63) is 33.8 Å². The topological polar surface area (TPSA) is 50.7 Å². The standard InChI is InChI=1S/C13H15IN4/c1-3-9-7-15-6-5-10(9)12-17-8-11(14)13(18-12)16-4-2/h5-8H,3-4H2,1-2H3,(H,16,17,18). The second kappa shape index (κ2) is 6.08. The Labute approximate surface area is 120 Å². The van der Waals surface area contributed by atoms with Gasteiger partial charge in [-0.25, -0.2) is 9.97 Å². The number of nitrogens with zero attached hydrogens (tertiary/aromatic N) is 3. The predicted molar refractivity (Wildman–Crippen MR) is 81.5 cm³/mol. The number of aromatic nitrogens is 3. The maximum absolute atomic E-state index is 4.58. The van der Waals surface area contributed by atoms with Crippen molar-refractivity contribution < 1.29 is 0 Å². The SMILES string of the molecule is CCNc1nc(-c2ccncc2CC)ncc1I. The zero-order chi connectivity index (χ0) is 13.0. The van der Waals surface area contributed by atoms with Gasteiger partial charge in [0.25, 0.3) is 0 Å². The number of nitrogens with one attached hydrogen (secondary N) is 1. The molecule has 0 bridgehead atoms. The molecule has 18 heavy (non-hydrogen) atoms. The number of rotatable bonds is 4. The minimum Gasteiger partial charge on any atom is -0.369 e. The molecule has 4 nitrogen and oxygen atoms in total. The average molecular weight is 354 g/mol. The van der Waals surface area contributed by atoms with E-state index in [2.05, 4.69) is 56.7 Å². The lowest BCUT2D eigenvalue weighted by Crippen LogP contribution is -2.04. The molecule has 0 aromatic carbocycles. The Kier molecular flexibility index (Phi) is 4.46. The van der Waals surface area contributed by atoms with Gasteiger partial charge in [-0.3, -0.25) is 4.98 Å². The summed E-state index contributed by atoms with van der Waals surface area (Å²) in [5.74, 6) is 1.65. The number of aryl methyl sites for hydroxylation is 1. The van der Waals surface area contributed by atoms with Crippen LogP contribution in [0.5, 0.6) is 0 Å². The molecule has 0 aliphatic rings. The van der Waals surface area contributed by atoms with Gasteiger partial charge < -0.3 is 5.32 Å². The maximum atomic E-state index is 4.58. The lowest BCUT2D eigenvalue weighted by Gasteiger charge is -2.09. The highest BCUT2D eigenvalue weighted by Gasteiger charge is 2.09. The lowest BCUT2D eigenvalue weighted by molar-refractivity contribution is 1.07. The molecule has 94 valence electrons. The highest BCUT2D eigenvalue weighted by molar-refractivity contribution is 14.1. The molecular weight excluding hydrogens is 339 g/mol. The smallest absolute Gasteiger partial charge is 0.161 e. The van der Waals surface area contributed by atoms with E-state index < -0.39 is 0 Å². The van der Waals surface area contributed by atoms with E-state index in [1.54, 1.807) is 6.20 Å². The predicted octanol–water partition coefficient (Wildman–Crippen LogP) is 3.14. The highest BCUT2D eigenvalue weighted by Crippen LogP contribution is 2.23. The van der Waals surface area contributed by atoms with Gasteiger partial charge in [0.15, 0.2) is 5.82 Å². The van der Waals surface area contributed by atoms with Crippen LogP contribution in [0.1, 0.15) is 19.4 Å². The van der Waals surface area contributed by atoms with Crippen molar-refractivity contribution in [1.82, 2.24) is 15.0 Å². The Bertz CT molecular complexity index is 542. The molecule has 0 aliphatic carbocycles.